The molecule has 0 bridgehead atoms. The summed E-state index contributed by atoms with van der Waals surface area (Å²) >= 11 is 0. The lowest BCUT2D eigenvalue weighted by atomic mass is 10.1. The van der Waals surface area contributed by atoms with Gasteiger partial charge in [0.15, 0.2) is 0 Å². The van der Waals surface area contributed by atoms with Gasteiger partial charge in [-0.1, -0.05) is 17.4 Å². The Morgan fingerprint density at radius 1 is 1.56 bits per heavy atom. The van der Waals surface area contributed by atoms with Crippen LogP contribution in [0.3, 0.4) is 0 Å². The highest BCUT2D eigenvalue weighted by atomic mass is 16.4. The highest BCUT2D eigenvalue weighted by Crippen LogP contribution is 2.20. The molecule has 1 heterocycles. The molecule has 0 amide bonds. The number of hydrogen-bond donors (Lipinski definition) is 1. The van der Waals surface area contributed by atoms with E-state index in [1.807, 2.05) is 19.1 Å². The minimum atomic E-state index is -0.968. The third kappa shape index (κ3) is 2.15. The van der Waals surface area contributed by atoms with Crippen LogP contribution in [0.1, 0.15) is 11.1 Å². The first-order chi connectivity index (χ1) is 8.63. The fraction of sp³-hybridized carbons (Fsp3) is 0.154. The van der Waals surface area contributed by atoms with Crippen LogP contribution in [0.15, 0.2) is 30.9 Å². The van der Waals surface area contributed by atoms with Crippen molar-refractivity contribution in [2.24, 2.45) is 0 Å². The molecule has 0 aliphatic heterocycles. The lowest BCUT2D eigenvalue weighted by molar-refractivity contribution is -0.131. The SMILES string of the molecule is C=CCn1nnc2c(C)c(C=CC(=O)O)ccc21. The molecule has 0 atom stereocenters. The van der Waals surface area contributed by atoms with Gasteiger partial charge in [-0.25, -0.2) is 9.48 Å². The van der Waals surface area contributed by atoms with Crippen LogP contribution in [-0.2, 0) is 11.3 Å². The molecule has 18 heavy (non-hydrogen) atoms. The van der Waals surface area contributed by atoms with E-state index >= 15 is 0 Å². The second-order valence-electron chi connectivity index (χ2n) is 3.88. The van der Waals surface area contributed by atoms with E-state index in [1.54, 1.807) is 16.8 Å². The Morgan fingerprint density at radius 2 is 2.33 bits per heavy atom. The summed E-state index contributed by atoms with van der Waals surface area (Å²) in [5.41, 5.74) is 3.44. The van der Waals surface area contributed by atoms with Gasteiger partial charge in [-0.3, -0.25) is 0 Å². The van der Waals surface area contributed by atoms with Crippen LogP contribution in [0.2, 0.25) is 0 Å². The van der Waals surface area contributed by atoms with E-state index in [1.165, 1.54) is 0 Å². The molecule has 0 fully saturated rings. The summed E-state index contributed by atoms with van der Waals surface area (Å²) in [5, 5.41) is 16.8. The van der Waals surface area contributed by atoms with Gasteiger partial charge in [-0.05, 0) is 30.2 Å². The van der Waals surface area contributed by atoms with Gasteiger partial charge >= 0.3 is 5.97 Å². The van der Waals surface area contributed by atoms with Crippen molar-refractivity contribution >= 4 is 23.1 Å². The third-order valence-electron chi connectivity index (χ3n) is 2.69. The topological polar surface area (TPSA) is 68.0 Å². The summed E-state index contributed by atoms with van der Waals surface area (Å²) < 4.78 is 1.75. The highest BCUT2D eigenvalue weighted by Gasteiger charge is 2.08. The number of nitrogens with zero attached hydrogens (tertiary/aromatic N) is 3. The Hall–Kier alpha value is -2.43. The average Bonchev–Trinajstić information content (AvgIpc) is 2.73. The molecule has 0 aliphatic carbocycles. The third-order valence-corrected chi connectivity index (χ3v) is 2.69. The zero-order chi connectivity index (χ0) is 13.1. The number of rotatable bonds is 4. The number of fused-ring (bicyclic) bond motifs is 1. The van der Waals surface area contributed by atoms with E-state index in [2.05, 4.69) is 16.9 Å². The first-order valence-corrected chi connectivity index (χ1v) is 5.48. The van der Waals surface area contributed by atoms with Crippen LogP contribution in [0.4, 0.5) is 0 Å². The van der Waals surface area contributed by atoms with Gasteiger partial charge in [0.2, 0.25) is 0 Å². The number of carboxylic acids is 1. The van der Waals surface area contributed by atoms with Crippen molar-refractivity contribution in [2.75, 3.05) is 0 Å². The minimum Gasteiger partial charge on any atom is -0.478 e. The maximum absolute atomic E-state index is 10.5. The number of benzene rings is 1. The summed E-state index contributed by atoms with van der Waals surface area (Å²) in [4.78, 5) is 10.5. The maximum Gasteiger partial charge on any atom is 0.328 e. The number of aryl methyl sites for hydroxylation is 1. The molecule has 2 rings (SSSR count). The Balaban J connectivity index is 2.51. The molecule has 1 N–H and O–H groups in total. The summed E-state index contributed by atoms with van der Waals surface area (Å²) in [6, 6.07) is 3.74. The second-order valence-corrected chi connectivity index (χ2v) is 3.88. The normalized spacial score (nSPS) is 11.2. The lowest BCUT2D eigenvalue weighted by Crippen LogP contribution is -1.97. The minimum absolute atomic E-state index is 0.597. The summed E-state index contributed by atoms with van der Waals surface area (Å²) in [6.45, 7) is 6.16. The van der Waals surface area contributed by atoms with Crippen molar-refractivity contribution in [2.45, 2.75) is 13.5 Å². The van der Waals surface area contributed by atoms with Crippen molar-refractivity contribution in [1.82, 2.24) is 15.0 Å². The molecule has 1 aromatic carbocycles. The molecular weight excluding hydrogens is 230 g/mol. The predicted octanol–water partition coefficient (Wildman–Crippen LogP) is 2.02. The van der Waals surface area contributed by atoms with Gasteiger partial charge in [0.05, 0.1) is 12.1 Å². The van der Waals surface area contributed by atoms with E-state index in [9.17, 15) is 4.79 Å². The molecule has 5 nitrogen and oxygen atoms in total. The van der Waals surface area contributed by atoms with Gasteiger partial charge < -0.3 is 5.11 Å². The first kappa shape index (κ1) is 12.0. The molecule has 5 heteroatoms. The fourth-order valence-electron chi connectivity index (χ4n) is 1.78. The molecule has 0 spiro atoms. The second kappa shape index (κ2) is 4.83. The van der Waals surface area contributed by atoms with Crippen molar-refractivity contribution in [3.05, 3.63) is 42.0 Å². The Bertz CT molecular complexity index is 641. The largest absolute Gasteiger partial charge is 0.478 e. The zero-order valence-corrected chi connectivity index (χ0v) is 10.00. The van der Waals surface area contributed by atoms with Crippen LogP contribution in [0.25, 0.3) is 17.1 Å². The van der Waals surface area contributed by atoms with E-state index in [4.69, 9.17) is 5.11 Å². The predicted molar refractivity (Wildman–Crippen MR) is 69.1 cm³/mol. The number of hydrogen-bond acceptors (Lipinski definition) is 3. The van der Waals surface area contributed by atoms with Crippen molar-refractivity contribution < 1.29 is 9.90 Å². The smallest absolute Gasteiger partial charge is 0.328 e. The van der Waals surface area contributed by atoms with Gasteiger partial charge in [-0.2, -0.15) is 0 Å². The average molecular weight is 243 g/mol. The van der Waals surface area contributed by atoms with E-state index in [0.29, 0.717) is 6.54 Å². The number of carboxylic acid groups (broad SMARTS) is 1. The lowest BCUT2D eigenvalue weighted by Gasteiger charge is -2.02. The Kier molecular flexibility index (Phi) is 3.23. The molecule has 0 saturated heterocycles. The molecule has 92 valence electrons. The molecule has 0 saturated carbocycles. The van der Waals surface area contributed by atoms with Crippen LogP contribution < -0.4 is 0 Å². The van der Waals surface area contributed by atoms with Gasteiger partial charge in [0.25, 0.3) is 0 Å². The van der Waals surface area contributed by atoms with Crippen molar-refractivity contribution in [1.29, 1.82) is 0 Å². The number of aromatic nitrogens is 3. The first-order valence-electron chi connectivity index (χ1n) is 5.48. The van der Waals surface area contributed by atoms with E-state index in [-0.39, 0.29) is 0 Å². The molecule has 2 aromatic rings. The number of aliphatic carboxylic acids is 1. The quantitative estimate of drug-likeness (QED) is 0.659. The number of carbonyl (C=O) groups is 1. The maximum atomic E-state index is 10.5. The zero-order valence-electron chi connectivity index (χ0n) is 10.00. The van der Waals surface area contributed by atoms with Gasteiger partial charge in [-0.15, -0.1) is 11.7 Å². The van der Waals surface area contributed by atoms with Crippen LogP contribution >= 0.6 is 0 Å². The van der Waals surface area contributed by atoms with Crippen LogP contribution in [0.5, 0.6) is 0 Å². The van der Waals surface area contributed by atoms with Gasteiger partial charge in [0.1, 0.15) is 5.52 Å². The Morgan fingerprint density at radius 3 is 3.00 bits per heavy atom. The van der Waals surface area contributed by atoms with E-state index in [0.717, 1.165) is 28.2 Å². The molecular formula is C13H13N3O2. The van der Waals surface area contributed by atoms with Crippen molar-refractivity contribution in [3.8, 4) is 0 Å². The number of allylic oxidation sites excluding steroid dienone is 1. The summed E-state index contributed by atoms with van der Waals surface area (Å²) in [6.07, 6.45) is 4.42. The van der Waals surface area contributed by atoms with Crippen LogP contribution in [-0.4, -0.2) is 26.1 Å². The molecule has 0 unspecified atom stereocenters. The van der Waals surface area contributed by atoms with E-state index < -0.39 is 5.97 Å². The van der Waals surface area contributed by atoms with Crippen molar-refractivity contribution in [3.63, 3.8) is 0 Å². The molecule has 0 radical (unpaired) electrons. The highest BCUT2D eigenvalue weighted by molar-refractivity contribution is 5.88. The molecule has 0 aliphatic rings. The Labute approximate surface area is 104 Å². The fourth-order valence-corrected chi connectivity index (χ4v) is 1.78. The van der Waals surface area contributed by atoms with Crippen LogP contribution in [0, 0.1) is 6.92 Å². The standard InChI is InChI=1S/C13H13N3O2/c1-3-8-16-11-6-4-10(5-7-12(17)18)9(2)13(11)14-15-16/h3-7H,1,8H2,2H3,(H,17,18). The summed E-state index contributed by atoms with van der Waals surface area (Å²) in [7, 11) is 0. The summed E-state index contributed by atoms with van der Waals surface area (Å²) in [5.74, 6) is -0.968. The molecule has 1 aromatic heterocycles. The van der Waals surface area contributed by atoms with Gasteiger partial charge in [0, 0.05) is 6.08 Å². The monoisotopic (exact) mass is 243 g/mol.